The molecule has 7 nitrogen and oxygen atoms in total. The summed E-state index contributed by atoms with van der Waals surface area (Å²) in [5.41, 5.74) is 6.61. The van der Waals surface area contributed by atoms with E-state index in [1.165, 1.54) is 17.7 Å². The summed E-state index contributed by atoms with van der Waals surface area (Å²) in [5.74, 6) is 0.902. The molecule has 0 bridgehead atoms. The molecule has 1 unspecified atom stereocenters. The SMILES string of the molecule is Cc1cc(C)n(-c2cccc(C(CC(=O)O)CN3CC[C@H](CCc4ccc5c(n4)NCCC5)C3)c2)n1. The number of pyridine rings is 1. The van der Waals surface area contributed by atoms with Crippen molar-refractivity contribution in [1.82, 2.24) is 19.7 Å². The highest BCUT2D eigenvalue weighted by atomic mass is 16.4. The second-order valence-corrected chi connectivity index (χ2v) is 10.5. The van der Waals surface area contributed by atoms with Gasteiger partial charge < -0.3 is 15.3 Å². The van der Waals surface area contributed by atoms with Gasteiger partial charge in [-0.15, -0.1) is 0 Å². The van der Waals surface area contributed by atoms with Gasteiger partial charge >= 0.3 is 5.97 Å². The summed E-state index contributed by atoms with van der Waals surface area (Å²) < 4.78 is 1.94. The maximum atomic E-state index is 11.7. The Morgan fingerprint density at radius 2 is 2.11 bits per heavy atom. The number of rotatable bonds is 9. The van der Waals surface area contributed by atoms with Crippen LogP contribution in [0.4, 0.5) is 5.82 Å². The highest BCUT2D eigenvalue weighted by Crippen LogP contribution is 2.29. The number of aromatic nitrogens is 3. The molecule has 5 rings (SSSR count). The van der Waals surface area contributed by atoms with Crippen molar-refractivity contribution in [1.29, 1.82) is 0 Å². The smallest absolute Gasteiger partial charge is 0.304 e. The molecule has 4 heterocycles. The van der Waals surface area contributed by atoms with Crippen molar-refractivity contribution in [3.63, 3.8) is 0 Å². The summed E-state index contributed by atoms with van der Waals surface area (Å²) in [6.45, 7) is 7.87. The van der Waals surface area contributed by atoms with E-state index in [1.54, 1.807) is 0 Å². The number of hydrogen-bond donors (Lipinski definition) is 2. The van der Waals surface area contributed by atoms with E-state index in [0.29, 0.717) is 5.92 Å². The normalized spacial score (nSPS) is 18.6. The summed E-state index contributed by atoms with van der Waals surface area (Å²) in [5, 5.41) is 17.7. The summed E-state index contributed by atoms with van der Waals surface area (Å²) in [6.07, 6.45) is 5.72. The lowest BCUT2D eigenvalue weighted by Crippen LogP contribution is -2.28. The van der Waals surface area contributed by atoms with Gasteiger partial charge in [-0.3, -0.25) is 4.79 Å². The van der Waals surface area contributed by atoms with Crippen molar-refractivity contribution < 1.29 is 9.90 Å². The van der Waals surface area contributed by atoms with E-state index in [-0.39, 0.29) is 12.3 Å². The van der Waals surface area contributed by atoms with Crippen molar-refractivity contribution in [2.75, 3.05) is 31.5 Å². The number of nitrogens with one attached hydrogen (secondary N) is 1. The van der Waals surface area contributed by atoms with E-state index in [9.17, 15) is 9.90 Å². The summed E-state index contributed by atoms with van der Waals surface area (Å²) in [4.78, 5) is 19.1. The lowest BCUT2D eigenvalue weighted by molar-refractivity contribution is -0.137. The maximum Gasteiger partial charge on any atom is 0.304 e. The van der Waals surface area contributed by atoms with Crippen LogP contribution in [0.1, 0.15) is 59.8 Å². The first-order valence-corrected chi connectivity index (χ1v) is 13.2. The number of carbonyl (C=O) groups is 1. The summed E-state index contributed by atoms with van der Waals surface area (Å²) in [7, 11) is 0. The van der Waals surface area contributed by atoms with Gasteiger partial charge in [0.1, 0.15) is 5.82 Å². The van der Waals surface area contributed by atoms with Gasteiger partial charge in [-0.1, -0.05) is 18.2 Å². The van der Waals surface area contributed by atoms with Crippen LogP contribution >= 0.6 is 0 Å². The van der Waals surface area contributed by atoms with Crippen LogP contribution in [0.5, 0.6) is 0 Å². The van der Waals surface area contributed by atoms with Crippen LogP contribution in [0.3, 0.4) is 0 Å². The van der Waals surface area contributed by atoms with Crippen LogP contribution in [-0.2, 0) is 17.6 Å². The molecule has 2 aliphatic rings. The molecular formula is C29H37N5O2. The van der Waals surface area contributed by atoms with Gasteiger partial charge in [0.25, 0.3) is 0 Å². The topological polar surface area (TPSA) is 83.3 Å². The van der Waals surface area contributed by atoms with E-state index in [0.717, 1.165) is 80.3 Å². The number of nitrogens with zero attached hydrogens (tertiary/aromatic N) is 4. The zero-order valence-corrected chi connectivity index (χ0v) is 21.4. The van der Waals surface area contributed by atoms with Crippen LogP contribution < -0.4 is 5.32 Å². The second-order valence-electron chi connectivity index (χ2n) is 10.5. The molecule has 1 saturated heterocycles. The van der Waals surface area contributed by atoms with Gasteiger partial charge in [-0.05, 0) is 93.8 Å². The van der Waals surface area contributed by atoms with Gasteiger partial charge in [0.15, 0.2) is 0 Å². The van der Waals surface area contributed by atoms with E-state index in [1.807, 2.05) is 30.7 Å². The minimum absolute atomic E-state index is 0.0495. The lowest BCUT2D eigenvalue weighted by atomic mass is 9.94. The van der Waals surface area contributed by atoms with Gasteiger partial charge in [-0.25, -0.2) is 9.67 Å². The number of hydrogen-bond acceptors (Lipinski definition) is 5. The average Bonchev–Trinajstić information content (AvgIpc) is 3.47. The van der Waals surface area contributed by atoms with Crippen molar-refractivity contribution in [2.45, 2.75) is 58.3 Å². The number of carboxylic acid groups (broad SMARTS) is 1. The lowest BCUT2D eigenvalue weighted by Gasteiger charge is -2.24. The van der Waals surface area contributed by atoms with E-state index in [4.69, 9.17) is 4.98 Å². The fraction of sp³-hybridized carbons (Fsp3) is 0.483. The Labute approximate surface area is 213 Å². The van der Waals surface area contributed by atoms with Crippen molar-refractivity contribution in [3.05, 3.63) is 70.7 Å². The van der Waals surface area contributed by atoms with Crippen LogP contribution in [0.15, 0.2) is 42.5 Å². The van der Waals surface area contributed by atoms with Crippen LogP contribution in [0.2, 0.25) is 0 Å². The van der Waals surface area contributed by atoms with E-state index >= 15 is 0 Å². The molecule has 0 radical (unpaired) electrons. The molecule has 0 saturated carbocycles. The standard InChI is InChI=1S/C29H37N5O2/c1-20-15-21(2)34(32-20)27-7-3-5-24(16-27)25(17-28(35)36)19-33-14-12-22(18-33)8-10-26-11-9-23-6-4-13-30-29(23)31-26/h3,5,7,9,11,15-16,22,25H,4,6,8,10,12-14,17-19H2,1-2H3,(H,30,31)(H,35,36)/t22-,25?/m0/s1. The monoisotopic (exact) mass is 487 g/mol. The first-order valence-electron chi connectivity index (χ1n) is 13.2. The number of aryl methyl sites for hydroxylation is 4. The van der Waals surface area contributed by atoms with Crippen molar-refractivity contribution in [3.8, 4) is 5.69 Å². The van der Waals surface area contributed by atoms with Crippen LogP contribution in [0, 0.1) is 19.8 Å². The highest BCUT2D eigenvalue weighted by molar-refractivity contribution is 5.68. The molecule has 3 aromatic rings. The minimum atomic E-state index is -0.751. The highest BCUT2D eigenvalue weighted by Gasteiger charge is 2.27. The maximum absolute atomic E-state index is 11.7. The number of aliphatic carboxylic acids is 1. The quantitative estimate of drug-likeness (QED) is 0.453. The third-order valence-electron chi connectivity index (χ3n) is 7.63. The Hall–Kier alpha value is -3.19. The molecule has 0 aliphatic carbocycles. The molecule has 36 heavy (non-hydrogen) atoms. The van der Waals surface area contributed by atoms with E-state index < -0.39 is 5.97 Å². The third kappa shape index (κ3) is 5.78. The number of fused-ring (bicyclic) bond motifs is 1. The minimum Gasteiger partial charge on any atom is -0.481 e. The Kier molecular flexibility index (Phi) is 7.37. The molecule has 2 atom stereocenters. The third-order valence-corrected chi connectivity index (χ3v) is 7.63. The number of carboxylic acids is 1. The molecule has 190 valence electrons. The summed E-state index contributed by atoms with van der Waals surface area (Å²) >= 11 is 0. The van der Waals surface area contributed by atoms with Crippen LogP contribution in [-0.4, -0.2) is 56.9 Å². The van der Waals surface area contributed by atoms with Gasteiger partial charge in [-0.2, -0.15) is 5.10 Å². The number of likely N-dealkylation sites (tertiary alicyclic amines) is 1. The molecule has 1 aromatic carbocycles. The first-order chi connectivity index (χ1) is 17.4. The Morgan fingerprint density at radius 1 is 1.22 bits per heavy atom. The van der Waals surface area contributed by atoms with Crippen molar-refractivity contribution >= 4 is 11.8 Å². The molecule has 2 N–H and O–H groups in total. The molecule has 1 fully saturated rings. The molecule has 0 spiro atoms. The first kappa shape index (κ1) is 24.5. The predicted molar refractivity (Wildman–Crippen MR) is 142 cm³/mol. The summed E-state index contributed by atoms with van der Waals surface area (Å²) in [6, 6.07) is 14.7. The van der Waals surface area contributed by atoms with Gasteiger partial charge in [0.2, 0.25) is 0 Å². The predicted octanol–water partition coefficient (Wildman–Crippen LogP) is 4.76. The average molecular weight is 488 g/mol. The Balaban J connectivity index is 1.21. The van der Waals surface area contributed by atoms with Crippen molar-refractivity contribution in [2.24, 2.45) is 5.92 Å². The largest absolute Gasteiger partial charge is 0.481 e. The fourth-order valence-corrected chi connectivity index (χ4v) is 5.79. The number of benzene rings is 1. The molecular weight excluding hydrogens is 450 g/mol. The second kappa shape index (κ2) is 10.8. The molecule has 2 aromatic heterocycles. The Morgan fingerprint density at radius 3 is 2.92 bits per heavy atom. The molecule has 0 amide bonds. The van der Waals surface area contributed by atoms with Gasteiger partial charge in [0, 0.05) is 36.9 Å². The van der Waals surface area contributed by atoms with Gasteiger partial charge in [0.05, 0.1) is 17.8 Å². The molecule has 7 heteroatoms. The molecule has 2 aliphatic heterocycles. The Bertz CT molecular complexity index is 1220. The zero-order chi connectivity index (χ0) is 25.1. The fourth-order valence-electron chi connectivity index (χ4n) is 5.79. The van der Waals surface area contributed by atoms with Crippen LogP contribution in [0.25, 0.3) is 5.69 Å². The van der Waals surface area contributed by atoms with E-state index in [2.05, 4.69) is 45.6 Å². The number of anilines is 1. The zero-order valence-electron chi connectivity index (χ0n) is 21.4.